The van der Waals surface area contributed by atoms with E-state index < -0.39 is 17.9 Å². The molecule has 1 unspecified atom stereocenters. The Morgan fingerprint density at radius 1 is 1.43 bits per heavy atom. The van der Waals surface area contributed by atoms with E-state index in [-0.39, 0.29) is 25.7 Å². The van der Waals surface area contributed by atoms with E-state index in [1.54, 1.807) is 19.3 Å². The minimum atomic E-state index is -0.764. The van der Waals surface area contributed by atoms with Gasteiger partial charge in [-0.2, -0.15) is 0 Å². The molecule has 1 atom stereocenters. The van der Waals surface area contributed by atoms with E-state index >= 15 is 0 Å². The van der Waals surface area contributed by atoms with Gasteiger partial charge < -0.3 is 24.7 Å². The Morgan fingerprint density at radius 3 is 2.87 bits per heavy atom. The number of rotatable bonds is 5. The minimum absolute atomic E-state index is 0.101. The fraction of sp³-hybridized carbons (Fsp3) is 0.533. The highest BCUT2D eigenvalue weighted by Crippen LogP contribution is 2.15. The van der Waals surface area contributed by atoms with Crippen LogP contribution in [0.15, 0.2) is 12.4 Å². The largest absolute Gasteiger partial charge is 0.465 e. The zero-order chi connectivity index (χ0) is 16.8. The van der Waals surface area contributed by atoms with Crippen molar-refractivity contribution in [2.45, 2.75) is 19.9 Å². The molecule has 1 aromatic rings. The molecular weight excluding hydrogens is 302 g/mol. The van der Waals surface area contributed by atoms with Crippen molar-refractivity contribution in [1.29, 1.82) is 0 Å². The number of H-pyrrole nitrogens is 1. The number of hydrogen-bond donors (Lipinski definition) is 2. The second-order valence-corrected chi connectivity index (χ2v) is 5.16. The molecule has 23 heavy (non-hydrogen) atoms. The van der Waals surface area contributed by atoms with E-state index in [4.69, 9.17) is 9.47 Å². The van der Waals surface area contributed by atoms with Crippen molar-refractivity contribution in [3.63, 3.8) is 0 Å². The molecular formula is C15H21N3O5. The van der Waals surface area contributed by atoms with Gasteiger partial charge in [0.1, 0.15) is 12.6 Å². The molecule has 1 saturated heterocycles. The number of aromatic nitrogens is 1. The maximum Gasteiger partial charge on any atom is 0.325 e. The lowest BCUT2D eigenvalue weighted by Crippen LogP contribution is -2.56. The zero-order valence-corrected chi connectivity index (χ0v) is 13.3. The van der Waals surface area contributed by atoms with Gasteiger partial charge in [-0.1, -0.05) is 0 Å². The number of morpholine rings is 1. The normalized spacial score (nSPS) is 17.7. The Kier molecular flexibility index (Phi) is 5.75. The summed E-state index contributed by atoms with van der Waals surface area (Å²) in [5, 5.41) is 2.49. The number of ether oxygens (including phenoxy) is 2. The third-order valence-electron chi connectivity index (χ3n) is 3.59. The van der Waals surface area contributed by atoms with Gasteiger partial charge in [-0.15, -0.1) is 0 Å². The Morgan fingerprint density at radius 2 is 2.22 bits per heavy atom. The van der Waals surface area contributed by atoms with Gasteiger partial charge in [-0.05, 0) is 19.4 Å². The van der Waals surface area contributed by atoms with Gasteiger partial charge in [0.2, 0.25) is 5.91 Å². The summed E-state index contributed by atoms with van der Waals surface area (Å²) in [6.07, 6.45) is 3.34. The van der Waals surface area contributed by atoms with Crippen LogP contribution in [0.2, 0.25) is 0 Å². The van der Waals surface area contributed by atoms with Gasteiger partial charge in [0.25, 0.3) is 5.91 Å². The van der Waals surface area contributed by atoms with Crippen molar-refractivity contribution in [3.05, 3.63) is 23.5 Å². The third kappa shape index (κ3) is 4.10. The third-order valence-corrected chi connectivity index (χ3v) is 3.59. The summed E-state index contributed by atoms with van der Waals surface area (Å²) in [5.41, 5.74) is 1.34. The van der Waals surface area contributed by atoms with Gasteiger partial charge in [-0.25, -0.2) is 0 Å². The molecule has 2 rings (SSSR count). The van der Waals surface area contributed by atoms with Crippen molar-refractivity contribution < 1.29 is 23.9 Å². The maximum atomic E-state index is 12.6. The molecule has 0 bridgehead atoms. The summed E-state index contributed by atoms with van der Waals surface area (Å²) < 4.78 is 10.1. The molecule has 8 heteroatoms. The molecule has 126 valence electrons. The Labute approximate surface area is 134 Å². The van der Waals surface area contributed by atoms with E-state index in [0.29, 0.717) is 18.7 Å². The van der Waals surface area contributed by atoms with Crippen LogP contribution in [0.1, 0.15) is 22.8 Å². The van der Waals surface area contributed by atoms with Crippen molar-refractivity contribution >= 4 is 17.8 Å². The van der Waals surface area contributed by atoms with Crippen LogP contribution in [0.3, 0.4) is 0 Å². The topological polar surface area (TPSA) is 101 Å². The summed E-state index contributed by atoms with van der Waals surface area (Å²) in [6, 6.07) is -0.764. The SMILES string of the molecule is CCOC(=O)CNC(=O)C1COCCN1C(=O)c1c[nH]cc1C. The number of aryl methyl sites for hydroxylation is 1. The molecule has 0 radical (unpaired) electrons. The van der Waals surface area contributed by atoms with Crippen LogP contribution in [-0.2, 0) is 19.1 Å². The molecule has 1 aliphatic rings. The molecule has 0 aliphatic carbocycles. The Balaban J connectivity index is 2.03. The summed E-state index contributed by atoms with van der Waals surface area (Å²) in [4.78, 5) is 40.6. The van der Waals surface area contributed by atoms with Crippen LogP contribution in [0, 0.1) is 6.92 Å². The van der Waals surface area contributed by atoms with E-state index in [1.807, 2.05) is 6.92 Å². The van der Waals surface area contributed by atoms with Crippen molar-refractivity contribution in [1.82, 2.24) is 15.2 Å². The summed E-state index contributed by atoms with van der Waals surface area (Å²) in [5.74, 6) is -1.18. The van der Waals surface area contributed by atoms with Crippen molar-refractivity contribution in [2.75, 3.05) is 32.9 Å². The van der Waals surface area contributed by atoms with Crippen molar-refractivity contribution in [3.8, 4) is 0 Å². The first kappa shape index (κ1) is 17.0. The predicted molar refractivity (Wildman–Crippen MR) is 80.8 cm³/mol. The van der Waals surface area contributed by atoms with Gasteiger partial charge in [0, 0.05) is 18.9 Å². The quantitative estimate of drug-likeness (QED) is 0.734. The maximum absolute atomic E-state index is 12.6. The fourth-order valence-corrected chi connectivity index (χ4v) is 2.38. The van der Waals surface area contributed by atoms with Crippen LogP contribution in [-0.4, -0.2) is 66.6 Å². The Hall–Kier alpha value is -2.35. The van der Waals surface area contributed by atoms with Crippen LogP contribution < -0.4 is 5.32 Å². The first-order chi connectivity index (χ1) is 11.0. The highest BCUT2D eigenvalue weighted by Gasteiger charge is 2.34. The van der Waals surface area contributed by atoms with Gasteiger partial charge in [-0.3, -0.25) is 14.4 Å². The number of amides is 2. The lowest BCUT2D eigenvalue weighted by molar-refractivity contribution is -0.144. The van der Waals surface area contributed by atoms with E-state index in [2.05, 4.69) is 10.3 Å². The van der Waals surface area contributed by atoms with Crippen molar-refractivity contribution in [2.24, 2.45) is 0 Å². The van der Waals surface area contributed by atoms with Gasteiger partial charge in [0.05, 0.1) is 25.4 Å². The molecule has 1 aliphatic heterocycles. The fourth-order valence-electron chi connectivity index (χ4n) is 2.38. The van der Waals surface area contributed by atoms with E-state index in [9.17, 15) is 14.4 Å². The highest BCUT2D eigenvalue weighted by atomic mass is 16.5. The summed E-state index contributed by atoms with van der Waals surface area (Å²) >= 11 is 0. The van der Waals surface area contributed by atoms with Crippen LogP contribution in [0.25, 0.3) is 0 Å². The van der Waals surface area contributed by atoms with E-state index in [0.717, 1.165) is 5.56 Å². The number of hydrogen-bond acceptors (Lipinski definition) is 5. The average Bonchev–Trinajstić information content (AvgIpc) is 2.98. The molecule has 0 spiro atoms. The molecule has 0 aromatic carbocycles. The molecule has 2 heterocycles. The highest BCUT2D eigenvalue weighted by molar-refractivity contribution is 5.99. The van der Waals surface area contributed by atoms with Crippen LogP contribution in [0.5, 0.6) is 0 Å². The first-order valence-corrected chi connectivity index (χ1v) is 7.50. The van der Waals surface area contributed by atoms with E-state index in [1.165, 1.54) is 4.90 Å². The number of nitrogens with one attached hydrogen (secondary N) is 2. The molecule has 8 nitrogen and oxygen atoms in total. The monoisotopic (exact) mass is 323 g/mol. The number of carbonyl (C=O) groups excluding carboxylic acids is 3. The zero-order valence-electron chi connectivity index (χ0n) is 13.3. The second kappa shape index (κ2) is 7.77. The number of carbonyl (C=O) groups is 3. The number of aromatic amines is 1. The average molecular weight is 323 g/mol. The van der Waals surface area contributed by atoms with Crippen LogP contribution in [0.4, 0.5) is 0 Å². The number of esters is 1. The summed E-state index contributed by atoms with van der Waals surface area (Å²) in [6.45, 7) is 4.32. The van der Waals surface area contributed by atoms with Gasteiger partial charge >= 0.3 is 5.97 Å². The number of nitrogens with zero attached hydrogens (tertiary/aromatic N) is 1. The molecule has 2 N–H and O–H groups in total. The Bertz CT molecular complexity index is 583. The molecule has 1 aromatic heterocycles. The lowest BCUT2D eigenvalue weighted by atomic mass is 10.1. The first-order valence-electron chi connectivity index (χ1n) is 7.50. The second-order valence-electron chi connectivity index (χ2n) is 5.16. The van der Waals surface area contributed by atoms with Crippen LogP contribution >= 0.6 is 0 Å². The standard InChI is InChI=1S/C15H21N3O5/c1-3-23-13(19)8-17-14(20)12-9-22-5-4-18(12)15(21)11-7-16-6-10(11)2/h6-7,12,16H,3-5,8-9H2,1-2H3,(H,17,20). The predicted octanol–water partition coefficient (Wildman–Crippen LogP) is -0.157. The smallest absolute Gasteiger partial charge is 0.325 e. The lowest BCUT2D eigenvalue weighted by Gasteiger charge is -2.34. The van der Waals surface area contributed by atoms with Gasteiger partial charge in [0.15, 0.2) is 0 Å². The summed E-state index contributed by atoms with van der Waals surface area (Å²) in [7, 11) is 0. The minimum Gasteiger partial charge on any atom is -0.465 e. The molecule has 1 fully saturated rings. The molecule has 2 amide bonds. The molecule has 0 saturated carbocycles.